The third-order valence-corrected chi connectivity index (χ3v) is 3.85. The van der Waals surface area contributed by atoms with E-state index in [0.717, 1.165) is 35.0 Å². The Labute approximate surface area is 106 Å². The number of benzene rings is 1. The van der Waals surface area contributed by atoms with Gasteiger partial charge in [0.15, 0.2) is 0 Å². The van der Waals surface area contributed by atoms with Gasteiger partial charge in [0.25, 0.3) is 0 Å². The third kappa shape index (κ3) is 1.83. The summed E-state index contributed by atoms with van der Waals surface area (Å²) in [4.78, 5) is 4.74. The maximum Gasteiger partial charge on any atom is 0.114 e. The summed E-state index contributed by atoms with van der Waals surface area (Å²) < 4.78 is 2.15. The fourth-order valence-corrected chi connectivity index (χ4v) is 2.97. The lowest BCUT2D eigenvalue weighted by Crippen LogP contribution is -2.29. The molecule has 0 aliphatic carbocycles. The largest absolute Gasteiger partial charge is 0.330 e. The normalized spacial score (nSPS) is 20.9. The lowest BCUT2D eigenvalue weighted by Gasteiger charge is -2.22. The number of aryl methyl sites for hydroxylation is 1. The topological polar surface area (TPSA) is 29.9 Å². The molecule has 0 spiro atoms. The van der Waals surface area contributed by atoms with E-state index in [2.05, 4.69) is 16.9 Å². The van der Waals surface area contributed by atoms with Crippen molar-refractivity contribution in [2.75, 3.05) is 13.1 Å². The number of nitrogens with one attached hydrogen (secondary N) is 1. The van der Waals surface area contributed by atoms with Crippen molar-refractivity contribution < 1.29 is 0 Å². The van der Waals surface area contributed by atoms with E-state index in [1.807, 2.05) is 18.2 Å². The number of para-hydroxylation sites is 1. The molecule has 1 aliphatic heterocycles. The molecule has 4 heteroatoms. The molecule has 1 aromatic heterocycles. The van der Waals surface area contributed by atoms with E-state index in [4.69, 9.17) is 16.6 Å². The maximum atomic E-state index is 6.24. The summed E-state index contributed by atoms with van der Waals surface area (Å²) in [6, 6.07) is 5.91. The molecule has 1 unspecified atom stereocenters. The number of nitrogens with zero attached hydrogens (tertiary/aromatic N) is 2. The predicted molar refractivity (Wildman–Crippen MR) is 70.6 cm³/mol. The van der Waals surface area contributed by atoms with Gasteiger partial charge in [-0.1, -0.05) is 17.7 Å². The van der Waals surface area contributed by atoms with Crippen molar-refractivity contribution in [1.29, 1.82) is 0 Å². The van der Waals surface area contributed by atoms with Crippen LogP contribution in [-0.4, -0.2) is 22.6 Å². The fraction of sp³-hybridized carbons (Fsp3) is 0.462. The molecule has 0 radical (unpaired) electrons. The first-order valence-corrected chi connectivity index (χ1v) is 6.46. The Hall–Kier alpha value is -1.06. The Kier molecular flexibility index (Phi) is 2.81. The molecule has 17 heavy (non-hydrogen) atoms. The van der Waals surface area contributed by atoms with Crippen molar-refractivity contribution in [3.8, 4) is 0 Å². The van der Waals surface area contributed by atoms with Gasteiger partial charge in [-0.25, -0.2) is 4.98 Å². The highest BCUT2D eigenvalue weighted by Gasteiger charge is 2.21. The molecule has 0 saturated carbocycles. The van der Waals surface area contributed by atoms with Crippen molar-refractivity contribution in [3.05, 3.63) is 29.0 Å². The van der Waals surface area contributed by atoms with Crippen LogP contribution in [0.25, 0.3) is 11.0 Å². The van der Waals surface area contributed by atoms with Crippen molar-refractivity contribution >= 4 is 22.6 Å². The minimum atomic E-state index is 0.511. The summed E-state index contributed by atoms with van der Waals surface area (Å²) in [6.45, 7) is 2.15. The van der Waals surface area contributed by atoms with Crippen molar-refractivity contribution in [1.82, 2.24) is 14.9 Å². The van der Waals surface area contributed by atoms with Crippen LogP contribution in [0.5, 0.6) is 0 Å². The van der Waals surface area contributed by atoms with Crippen molar-refractivity contribution in [3.63, 3.8) is 0 Å². The molecule has 2 aromatic rings. The van der Waals surface area contributed by atoms with E-state index < -0.39 is 0 Å². The molecule has 1 atom stereocenters. The van der Waals surface area contributed by atoms with E-state index in [1.165, 1.54) is 12.8 Å². The monoisotopic (exact) mass is 249 g/mol. The molecule has 1 aliphatic rings. The zero-order valence-corrected chi connectivity index (χ0v) is 10.7. The van der Waals surface area contributed by atoms with Crippen molar-refractivity contribution in [2.24, 2.45) is 7.05 Å². The molecule has 0 bridgehead atoms. The Bertz CT molecular complexity index is 541. The van der Waals surface area contributed by atoms with Gasteiger partial charge in [-0.15, -0.1) is 0 Å². The Balaban J connectivity index is 2.10. The average Bonchev–Trinajstić information content (AvgIpc) is 2.69. The maximum absolute atomic E-state index is 6.24. The number of hydrogen-bond acceptors (Lipinski definition) is 2. The number of aromatic nitrogens is 2. The lowest BCUT2D eigenvalue weighted by atomic mass is 9.99. The number of hydrogen-bond donors (Lipinski definition) is 1. The molecule has 1 fully saturated rings. The van der Waals surface area contributed by atoms with Gasteiger partial charge in [-0.05, 0) is 31.5 Å². The Morgan fingerprint density at radius 2 is 2.35 bits per heavy atom. The molecule has 2 heterocycles. The van der Waals surface area contributed by atoms with E-state index >= 15 is 0 Å². The molecular weight excluding hydrogens is 234 g/mol. The van der Waals surface area contributed by atoms with Gasteiger partial charge in [-0.3, -0.25) is 0 Å². The molecule has 3 nitrogen and oxygen atoms in total. The number of rotatable bonds is 1. The highest BCUT2D eigenvalue weighted by molar-refractivity contribution is 6.35. The molecular formula is C13H16ClN3. The molecule has 90 valence electrons. The Morgan fingerprint density at radius 3 is 3.06 bits per heavy atom. The molecule has 1 saturated heterocycles. The van der Waals surface area contributed by atoms with E-state index in [1.54, 1.807) is 0 Å². The molecule has 1 N–H and O–H groups in total. The first-order valence-electron chi connectivity index (χ1n) is 6.09. The zero-order valence-electron chi connectivity index (χ0n) is 9.91. The summed E-state index contributed by atoms with van der Waals surface area (Å²) in [5.74, 6) is 1.66. The first-order chi connectivity index (χ1) is 8.27. The van der Waals surface area contributed by atoms with Crippen LogP contribution >= 0.6 is 11.6 Å². The number of piperidine rings is 1. The highest BCUT2D eigenvalue weighted by Crippen LogP contribution is 2.29. The van der Waals surface area contributed by atoms with Crippen LogP contribution in [0.15, 0.2) is 18.2 Å². The standard InChI is InChI=1S/C13H16ClN3/c1-17-12-10(14)5-2-6-11(12)16-13(17)9-4-3-7-15-8-9/h2,5-6,9,15H,3-4,7-8H2,1H3. The van der Waals surface area contributed by atoms with Crippen LogP contribution in [0.1, 0.15) is 24.6 Å². The highest BCUT2D eigenvalue weighted by atomic mass is 35.5. The summed E-state index contributed by atoms with van der Waals surface area (Å²) >= 11 is 6.24. The van der Waals surface area contributed by atoms with Gasteiger partial charge < -0.3 is 9.88 Å². The Morgan fingerprint density at radius 1 is 1.47 bits per heavy atom. The third-order valence-electron chi connectivity index (χ3n) is 3.54. The predicted octanol–water partition coefficient (Wildman–Crippen LogP) is 2.69. The van der Waals surface area contributed by atoms with Crippen LogP contribution in [0.2, 0.25) is 5.02 Å². The summed E-state index contributed by atoms with van der Waals surface area (Å²) in [5, 5.41) is 4.22. The van der Waals surface area contributed by atoms with Crippen LogP contribution in [0, 0.1) is 0 Å². The number of imidazole rings is 1. The fourth-order valence-electron chi connectivity index (χ4n) is 2.68. The van der Waals surface area contributed by atoms with Crippen LogP contribution in [0.4, 0.5) is 0 Å². The average molecular weight is 250 g/mol. The molecule has 0 amide bonds. The van der Waals surface area contributed by atoms with E-state index in [9.17, 15) is 0 Å². The quantitative estimate of drug-likeness (QED) is 0.842. The van der Waals surface area contributed by atoms with E-state index in [0.29, 0.717) is 5.92 Å². The number of fused-ring (bicyclic) bond motifs is 1. The zero-order chi connectivity index (χ0) is 11.8. The molecule has 1 aromatic carbocycles. The van der Waals surface area contributed by atoms with Gasteiger partial charge in [0, 0.05) is 19.5 Å². The first kappa shape index (κ1) is 11.1. The smallest absolute Gasteiger partial charge is 0.114 e. The SMILES string of the molecule is Cn1c(C2CCCNC2)nc2cccc(Cl)c21. The van der Waals surface area contributed by atoms with E-state index in [-0.39, 0.29) is 0 Å². The van der Waals surface area contributed by atoms with Crippen LogP contribution < -0.4 is 5.32 Å². The van der Waals surface area contributed by atoms with Gasteiger partial charge >= 0.3 is 0 Å². The summed E-state index contributed by atoms with van der Waals surface area (Å²) in [5.41, 5.74) is 2.05. The van der Waals surface area contributed by atoms with Crippen LogP contribution in [-0.2, 0) is 7.05 Å². The second-order valence-corrected chi connectivity index (χ2v) is 5.09. The van der Waals surface area contributed by atoms with Gasteiger partial charge in [0.05, 0.1) is 16.1 Å². The van der Waals surface area contributed by atoms with Crippen LogP contribution in [0.3, 0.4) is 0 Å². The van der Waals surface area contributed by atoms with Gasteiger partial charge in [-0.2, -0.15) is 0 Å². The number of halogens is 1. The minimum Gasteiger partial charge on any atom is -0.330 e. The summed E-state index contributed by atoms with van der Waals surface area (Å²) in [6.07, 6.45) is 2.43. The van der Waals surface area contributed by atoms with Gasteiger partial charge in [0.1, 0.15) is 5.82 Å². The summed E-state index contributed by atoms with van der Waals surface area (Å²) in [7, 11) is 2.06. The molecule has 3 rings (SSSR count). The second kappa shape index (κ2) is 4.31. The minimum absolute atomic E-state index is 0.511. The lowest BCUT2D eigenvalue weighted by molar-refractivity contribution is 0.440. The van der Waals surface area contributed by atoms with Gasteiger partial charge in [0.2, 0.25) is 0 Å². The van der Waals surface area contributed by atoms with Crippen molar-refractivity contribution in [2.45, 2.75) is 18.8 Å². The second-order valence-electron chi connectivity index (χ2n) is 4.68.